The van der Waals surface area contributed by atoms with Crippen LogP contribution in [0.25, 0.3) is 67.0 Å². The van der Waals surface area contributed by atoms with E-state index in [2.05, 4.69) is 29.9 Å². The van der Waals surface area contributed by atoms with Crippen molar-refractivity contribution in [1.82, 2.24) is 112 Å². The summed E-state index contributed by atoms with van der Waals surface area (Å²) in [6.07, 6.45) is -30.7. The number of hydrogen-bond donors (Lipinski definition) is 6. The third-order valence-corrected chi connectivity index (χ3v) is 17.9. The largest absolute Gasteiger partial charge is 0.393 e. The van der Waals surface area contributed by atoms with Crippen LogP contribution in [0.4, 0.5) is 0 Å². The van der Waals surface area contributed by atoms with Crippen LogP contribution in [0.1, 0.15) is 215 Å². The standard InChI is InChI=1S/6C13H20N4O3/c6*1-9(18)6-4-5-7-17-12(19)10-11(14-8-15(10)2)16(3)13(17)20/h6*8-9,18H,4-7H2,1-3H3/t6*9-/m111000/s1/i1D3,2D3,3D3,6D2,9D;1D3,6D2,9D;1D3,6D2;1D3,2D3,6D2,9D;1D3,6D2,9D;1D3,6D2. The zero-order valence-corrected chi connectivity index (χ0v) is 66.2. The van der Waals surface area contributed by atoms with Crippen molar-refractivity contribution in [2.45, 2.75) is 232 Å². The lowest BCUT2D eigenvalue weighted by molar-refractivity contribution is 0.179. The smallest absolute Gasteiger partial charge is 0.332 e. The number of nitrogens with zero attached hydrogens (tertiary/aromatic N) is 24. The SMILES string of the molecule is [2H]C([2H])([2H])[C@@H](O)C([2H])([2H])CCCn1c(=O)c2c(ncn2C)n(C)c1=O.[2H]C([2H])([2H])[C@@]([2H])(O)C([2H])([2H])CCCn1c(=O)c2c(ncn2C)n(C)c1=O.[2H]C([2H])([2H])[C@H](O)C([2H])([2H])CCCn1c(=O)c2c(ncn2C)n(C)c1=O.[2H]C([2H])([2H])[C@]([2H])(O)C([2H])([2H])CCCn1c(=O)c2c(ncn2C)n(C)c1=O.[2H]C([2H])([2H])n1cnc2c1c(=O)n(CCCC([2H])([2H])[C@@]([2H])(O)C([2H])([2H])[2H])c(=O)n2C.[2H]C([2H])([2H])n1cnc2c1c(=O)n(CCCC([2H])([2H])[C@]([2H])(O)C([2H])([2H])[2H])c(=O)n2C([2H])([2H])[2H]. The van der Waals surface area contributed by atoms with Gasteiger partial charge in [0.05, 0.1) is 80.0 Å². The summed E-state index contributed by atoms with van der Waals surface area (Å²) < 4.78 is 336. The molecule has 42 heteroatoms. The summed E-state index contributed by atoms with van der Waals surface area (Å²) >= 11 is 0. The molecule has 0 saturated heterocycles. The topological polar surface area (TPSA) is 492 Å². The summed E-state index contributed by atoms with van der Waals surface area (Å²) in [5.74, 6) is 0. The normalized spacial score (nSPS) is 21.0. The van der Waals surface area contributed by atoms with E-state index in [4.69, 9.17) is 58.9 Å². The summed E-state index contributed by atoms with van der Waals surface area (Å²) in [7, 11) is 13.6. The van der Waals surface area contributed by atoms with Gasteiger partial charge in [-0.15, -0.1) is 0 Å². The van der Waals surface area contributed by atoms with Crippen LogP contribution < -0.4 is 67.5 Å². The Morgan fingerprint density at radius 2 is 0.450 bits per heavy atom. The zero-order chi connectivity index (χ0) is 126. The highest BCUT2D eigenvalue weighted by molar-refractivity contribution is 5.73. The minimum atomic E-state index is -3.49. The summed E-state index contributed by atoms with van der Waals surface area (Å²) in [4.78, 5) is 173. The van der Waals surface area contributed by atoms with Crippen molar-refractivity contribution >= 4 is 67.0 Å². The van der Waals surface area contributed by atoms with Crippen LogP contribution in [0.15, 0.2) is 95.5 Å². The van der Waals surface area contributed by atoms with E-state index in [-0.39, 0.29) is 138 Å². The van der Waals surface area contributed by atoms with Gasteiger partial charge in [-0.1, -0.05) is 0 Å². The highest BCUT2D eigenvalue weighted by Crippen LogP contribution is 2.13. The number of aliphatic hydroxyl groups is 6. The number of aryl methyl sites for hydroxylation is 12. The fraction of sp³-hybridized carbons (Fsp3) is 0.615. The first-order valence-corrected chi connectivity index (χ1v) is 35.9. The van der Waals surface area contributed by atoms with Crippen molar-refractivity contribution in [2.24, 2.45) is 84.4 Å². The van der Waals surface area contributed by atoms with Crippen LogP contribution in [0.2, 0.25) is 0 Å². The third kappa shape index (κ3) is 22.8. The first kappa shape index (κ1) is 50.7. The number of fused-ring (bicyclic) bond motifs is 6. The zero-order valence-electron chi connectivity index (χ0n) is 109. The molecule has 12 aromatic heterocycles. The molecule has 6 atom stereocenters. The van der Waals surface area contributed by atoms with Crippen LogP contribution in [-0.2, 0) is 124 Å². The Labute approximate surface area is 747 Å². The van der Waals surface area contributed by atoms with Crippen molar-refractivity contribution in [2.75, 3.05) is 0 Å². The lowest BCUT2D eigenvalue weighted by Gasteiger charge is -2.09. The third-order valence-electron chi connectivity index (χ3n) is 17.9. The maximum atomic E-state index is 12.9. The maximum absolute atomic E-state index is 12.9. The molecule has 120 heavy (non-hydrogen) atoms. The van der Waals surface area contributed by atoms with E-state index < -0.39 is 254 Å². The molecular formula is C78H120N24O18. The second kappa shape index (κ2) is 43.1. The van der Waals surface area contributed by atoms with Crippen molar-refractivity contribution in [3.05, 3.63) is 163 Å². The van der Waals surface area contributed by atoms with Gasteiger partial charge in [-0.25, -0.2) is 58.7 Å². The van der Waals surface area contributed by atoms with Gasteiger partial charge in [0.1, 0.15) is 0 Å². The Morgan fingerprint density at radius 3 is 0.642 bits per heavy atom. The number of imidazole rings is 6. The van der Waals surface area contributed by atoms with Crippen LogP contribution >= 0.6 is 0 Å². The highest BCUT2D eigenvalue weighted by Gasteiger charge is 2.22. The van der Waals surface area contributed by atoms with Gasteiger partial charge in [-0.05, 0) is 156 Å². The number of aliphatic hydroxyl groups excluding tert-OH is 2. The lowest BCUT2D eigenvalue weighted by atomic mass is 10.2. The molecule has 0 aliphatic rings. The Morgan fingerprint density at radius 1 is 0.267 bits per heavy atom. The van der Waals surface area contributed by atoms with Crippen molar-refractivity contribution in [3.8, 4) is 0 Å². The molecule has 12 aromatic rings. The highest BCUT2D eigenvalue weighted by atomic mass is 16.3. The van der Waals surface area contributed by atoms with Crippen molar-refractivity contribution in [3.63, 3.8) is 0 Å². The molecule has 660 valence electrons. The molecule has 0 aliphatic heterocycles. The molecule has 12 heterocycles. The summed E-state index contributed by atoms with van der Waals surface area (Å²) in [6, 6.07) is 0. The first-order chi connectivity index (χ1) is 73.3. The Kier molecular flexibility index (Phi) is 18.2. The molecule has 42 nitrogen and oxygen atoms in total. The van der Waals surface area contributed by atoms with E-state index in [0.29, 0.717) is 24.6 Å². The average Bonchev–Trinajstić information content (AvgIpc) is 1.60. The number of aromatic nitrogens is 24. The first-order valence-electron chi connectivity index (χ1n) is 57.4. The molecule has 12 rings (SSSR count). The summed E-state index contributed by atoms with van der Waals surface area (Å²) in [5.41, 5.74) is -9.08. The molecule has 0 radical (unpaired) electrons. The Bertz CT molecular complexity index is 7970. The fourth-order valence-corrected chi connectivity index (χ4v) is 11.9. The number of hydrogen-bond acceptors (Lipinski definition) is 24. The molecule has 0 bridgehead atoms. The van der Waals surface area contributed by atoms with Gasteiger partial charge in [0, 0.05) is 177 Å². The van der Waals surface area contributed by atoms with Gasteiger partial charge in [0.25, 0.3) is 33.4 Å². The van der Waals surface area contributed by atoms with E-state index in [1.54, 1.807) is 28.2 Å². The minimum absolute atomic E-state index is 0.0125. The Balaban J connectivity index is 0.000000263. The summed E-state index contributed by atoms with van der Waals surface area (Å²) in [6.45, 7) is -29.3. The minimum Gasteiger partial charge on any atom is -0.393 e. The van der Waals surface area contributed by atoms with Crippen LogP contribution in [0.3, 0.4) is 0 Å². The molecule has 0 aromatic carbocycles. The van der Waals surface area contributed by atoms with Gasteiger partial charge in [-0.2, -0.15) is 0 Å². The quantitative estimate of drug-likeness (QED) is 0.0342. The maximum Gasteiger partial charge on any atom is 0.332 e. The monoisotopic (exact) mass is 1720 g/mol. The van der Waals surface area contributed by atoms with E-state index in [1.807, 2.05) is 0 Å². The summed E-state index contributed by atoms with van der Waals surface area (Å²) in [5, 5.41) is 58.4. The molecule has 0 aliphatic carbocycles. The number of rotatable bonds is 30. The van der Waals surface area contributed by atoms with Crippen LogP contribution in [0, 0.1) is 0 Å². The van der Waals surface area contributed by atoms with E-state index in [9.17, 15) is 88.2 Å². The van der Waals surface area contributed by atoms with Crippen molar-refractivity contribution in [1.29, 1.82) is 0 Å². The molecule has 0 amide bonds. The molecule has 0 saturated carbocycles. The van der Waals surface area contributed by atoms with Gasteiger partial charge < -0.3 is 58.0 Å². The molecule has 0 unspecified atom stereocenters. The van der Waals surface area contributed by atoms with E-state index in [0.717, 1.165) is 29.2 Å². The Hall–Kier alpha value is -11.3. The van der Waals surface area contributed by atoms with Gasteiger partial charge in [0.2, 0.25) is 0 Å². The second-order valence-electron chi connectivity index (χ2n) is 26.2. The van der Waals surface area contributed by atoms with Gasteiger partial charge >= 0.3 is 34.1 Å². The predicted octanol–water partition coefficient (Wildman–Crippen LogP) is -0.0912. The van der Waals surface area contributed by atoms with E-state index >= 15 is 0 Å². The van der Waals surface area contributed by atoms with Crippen LogP contribution in [-0.4, -0.2) is 179 Å². The van der Waals surface area contributed by atoms with Crippen molar-refractivity contribution < 1.29 is 89.6 Å². The second-order valence-corrected chi connectivity index (χ2v) is 26.2. The molecule has 0 fully saturated rings. The average molecular weight is 1730 g/mol. The van der Waals surface area contributed by atoms with Crippen LogP contribution in [0.5, 0.6) is 0 Å². The van der Waals surface area contributed by atoms with E-state index in [1.165, 1.54) is 97.1 Å². The van der Waals surface area contributed by atoms with Gasteiger partial charge in [-0.3, -0.25) is 83.6 Å². The predicted molar refractivity (Wildman–Crippen MR) is 454 cm³/mol. The fourth-order valence-electron chi connectivity index (χ4n) is 11.9. The molecule has 0 spiro atoms. The molecular weight excluding hydrogens is 1560 g/mol. The van der Waals surface area contributed by atoms with Gasteiger partial charge in [0.15, 0.2) is 67.0 Å². The lowest BCUT2D eigenvalue weighted by Crippen LogP contribution is -2.39. The molecule has 6 N–H and O–H groups in total.